The van der Waals surface area contributed by atoms with Crippen molar-refractivity contribution in [2.75, 3.05) is 10.6 Å². The van der Waals surface area contributed by atoms with Crippen molar-refractivity contribution in [3.05, 3.63) is 42.0 Å². The summed E-state index contributed by atoms with van der Waals surface area (Å²) in [4.78, 5) is 11.5. The molecule has 0 unspecified atom stereocenters. The fourth-order valence-corrected chi connectivity index (χ4v) is 2.10. The van der Waals surface area contributed by atoms with Gasteiger partial charge in [0.15, 0.2) is 11.6 Å². The molecule has 2 rings (SSSR count). The topological polar surface area (TPSA) is 66.9 Å². The number of amides is 1. The van der Waals surface area contributed by atoms with Crippen LogP contribution in [-0.2, 0) is 10.2 Å². The first-order chi connectivity index (χ1) is 10.9. The maximum absolute atomic E-state index is 11.5. The van der Waals surface area contributed by atoms with Gasteiger partial charge in [-0.15, -0.1) is 10.2 Å². The van der Waals surface area contributed by atoms with Crippen LogP contribution in [0.2, 0.25) is 0 Å². The standard InChI is InChI=1S/C18H24N4O/c1-5-6-17(23)20-16-12-11-15(21-22-16)19-14-9-7-13(8-10-14)18(2,3)4/h7-12H,5-6H2,1-4H3,(H,19,21)(H,20,22,23). The highest BCUT2D eigenvalue weighted by atomic mass is 16.1. The molecule has 5 heteroatoms. The predicted octanol–water partition coefficient (Wildman–Crippen LogP) is 4.26. The van der Waals surface area contributed by atoms with Gasteiger partial charge in [-0.25, -0.2) is 0 Å². The van der Waals surface area contributed by atoms with E-state index in [4.69, 9.17) is 0 Å². The van der Waals surface area contributed by atoms with Gasteiger partial charge < -0.3 is 10.6 Å². The number of carbonyl (C=O) groups excluding carboxylic acids is 1. The van der Waals surface area contributed by atoms with E-state index in [-0.39, 0.29) is 11.3 Å². The van der Waals surface area contributed by atoms with Crippen molar-refractivity contribution in [3.8, 4) is 0 Å². The molecule has 5 nitrogen and oxygen atoms in total. The van der Waals surface area contributed by atoms with Crippen LogP contribution in [0, 0.1) is 0 Å². The first-order valence-corrected chi connectivity index (χ1v) is 7.89. The molecule has 0 radical (unpaired) electrons. The van der Waals surface area contributed by atoms with Gasteiger partial charge in [0, 0.05) is 12.1 Å². The van der Waals surface area contributed by atoms with Crippen molar-refractivity contribution >= 4 is 23.2 Å². The van der Waals surface area contributed by atoms with Gasteiger partial charge in [-0.05, 0) is 41.7 Å². The molecule has 0 saturated heterocycles. The molecule has 0 spiro atoms. The lowest BCUT2D eigenvalue weighted by Gasteiger charge is -2.19. The van der Waals surface area contributed by atoms with E-state index in [9.17, 15) is 4.79 Å². The number of carbonyl (C=O) groups is 1. The summed E-state index contributed by atoms with van der Waals surface area (Å²) in [7, 11) is 0. The minimum absolute atomic E-state index is 0.0414. The molecule has 1 amide bonds. The van der Waals surface area contributed by atoms with E-state index in [1.54, 1.807) is 12.1 Å². The molecule has 0 atom stereocenters. The molecular formula is C18H24N4O. The summed E-state index contributed by atoms with van der Waals surface area (Å²) in [5.74, 6) is 1.07. The Labute approximate surface area is 137 Å². The van der Waals surface area contributed by atoms with Crippen LogP contribution in [0.5, 0.6) is 0 Å². The van der Waals surface area contributed by atoms with E-state index in [1.807, 2.05) is 19.1 Å². The average Bonchev–Trinajstić information content (AvgIpc) is 2.49. The highest BCUT2D eigenvalue weighted by molar-refractivity contribution is 5.89. The molecule has 0 aliphatic heterocycles. The second-order valence-corrected chi connectivity index (χ2v) is 6.55. The predicted molar refractivity (Wildman–Crippen MR) is 94.0 cm³/mol. The van der Waals surface area contributed by atoms with Gasteiger partial charge in [-0.2, -0.15) is 0 Å². The van der Waals surface area contributed by atoms with E-state index >= 15 is 0 Å². The summed E-state index contributed by atoms with van der Waals surface area (Å²) >= 11 is 0. The lowest BCUT2D eigenvalue weighted by molar-refractivity contribution is -0.116. The van der Waals surface area contributed by atoms with E-state index < -0.39 is 0 Å². The summed E-state index contributed by atoms with van der Waals surface area (Å²) in [6.45, 7) is 8.52. The average molecular weight is 312 g/mol. The zero-order chi connectivity index (χ0) is 16.9. The summed E-state index contributed by atoms with van der Waals surface area (Å²) in [5, 5.41) is 14.0. The second-order valence-electron chi connectivity index (χ2n) is 6.55. The molecule has 2 N–H and O–H groups in total. The van der Waals surface area contributed by atoms with Crippen molar-refractivity contribution in [1.82, 2.24) is 10.2 Å². The number of nitrogens with one attached hydrogen (secondary N) is 2. The third-order valence-corrected chi connectivity index (χ3v) is 3.43. The van der Waals surface area contributed by atoms with E-state index in [0.29, 0.717) is 18.1 Å². The van der Waals surface area contributed by atoms with Crippen LogP contribution >= 0.6 is 0 Å². The number of nitrogens with zero attached hydrogens (tertiary/aromatic N) is 2. The Balaban J connectivity index is 1.99. The molecule has 0 aliphatic carbocycles. The van der Waals surface area contributed by atoms with Gasteiger partial charge in [-0.1, -0.05) is 39.8 Å². The largest absolute Gasteiger partial charge is 0.339 e. The Kier molecular flexibility index (Phi) is 5.32. The normalized spacial score (nSPS) is 11.1. The minimum Gasteiger partial charge on any atom is -0.339 e. The third-order valence-electron chi connectivity index (χ3n) is 3.43. The van der Waals surface area contributed by atoms with Gasteiger partial charge in [0.1, 0.15) is 0 Å². The zero-order valence-corrected chi connectivity index (χ0v) is 14.2. The minimum atomic E-state index is -0.0414. The highest BCUT2D eigenvalue weighted by Crippen LogP contribution is 2.24. The molecule has 1 aromatic carbocycles. The van der Waals surface area contributed by atoms with Crippen LogP contribution in [0.4, 0.5) is 17.3 Å². The van der Waals surface area contributed by atoms with E-state index in [0.717, 1.165) is 12.1 Å². The Morgan fingerprint density at radius 2 is 1.61 bits per heavy atom. The first kappa shape index (κ1) is 16.9. The zero-order valence-electron chi connectivity index (χ0n) is 14.2. The van der Waals surface area contributed by atoms with E-state index in [1.165, 1.54) is 5.56 Å². The van der Waals surface area contributed by atoms with Crippen LogP contribution in [0.25, 0.3) is 0 Å². The number of hydrogen-bond donors (Lipinski definition) is 2. The number of aromatic nitrogens is 2. The summed E-state index contributed by atoms with van der Waals surface area (Å²) in [6, 6.07) is 11.8. The van der Waals surface area contributed by atoms with Crippen molar-refractivity contribution in [2.45, 2.75) is 46.0 Å². The van der Waals surface area contributed by atoms with Gasteiger partial charge in [-0.3, -0.25) is 4.79 Å². The van der Waals surface area contributed by atoms with Crippen molar-refractivity contribution in [1.29, 1.82) is 0 Å². The van der Waals surface area contributed by atoms with Gasteiger partial charge in [0.05, 0.1) is 0 Å². The molecule has 0 fully saturated rings. The van der Waals surface area contributed by atoms with Crippen molar-refractivity contribution < 1.29 is 4.79 Å². The van der Waals surface area contributed by atoms with Gasteiger partial charge in [0.25, 0.3) is 0 Å². The Morgan fingerprint density at radius 1 is 1.00 bits per heavy atom. The maximum atomic E-state index is 11.5. The molecule has 0 aliphatic rings. The monoisotopic (exact) mass is 312 g/mol. The molecule has 0 bridgehead atoms. The van der Waals surface area contributed by atoms with E-state index in [2.05, 4.69) is 53.7 Å². The smallest absolute Gasteiger partial charge is 0.225 e. The summed E-state index contributed by atoms with van der Waals surface area (Å²) in [5.41, 5.74) is 2.37. The third kappa shape index (κ3) is 5.06. The molecule has 1 heterocycles. The van der Waals surface area contributed by atoms with Crippen LogP contribution in [0.15, 0.2) is 36.4 Å². The Hall–Kier alpha value is -2.43. The number of rotatable bonds is 5. The highest BCUT2D eigenvalue weighted by Gasteiger charge is 2.12. The molecule has 0 saturated carbocycles. The van der Waals surface area contributed by atoms with Gasteiger partial charge in [0.2, 0.25) is 5.91 Å². The lowest BCUT2D eigenvalue weighted by atomic mass is 9.87. The first-order valence-electron chi connectivity index (χ1n) is 7.89. The summed E-state index contributed by atoms with van der Waals surface area (Å²) in [6.07, 6.45) is 1.30. The van der Waals surface area contributed by atoms with Crippen LogP contribution in [0.1, 0.15) is 46.1 Å². The molecule has 2 aromatic rings. The van der Waals surface area contributed by atoms with Crippen molar-refractivity contribution in [2.24, 2.45) is 0 Å². The fourth-order valence-electron chi connectivity index (χ4n) is 2.10. The Morgan fingerprint density at radius 3 is 2.13 bits per heavy atom. The molecular weight excluding hydrogens is 288 g/mol. The molecule has 122 valence electrons. The SMILES string of the molecule is CCCC(=O)Nc1ccc(Nc2ccc(C(C)(C)C)cc2)nn1. The molecule has 1 aromatic heterocycles. The number of hydrogen-bond acceptors (Lipinski definition) is 4. The quantitative estimate of drug-likeness (QED) is 0.866. The van der Waals surface area contributed by atoms with Crippen LogP contribution in [-0.4, -0.2) is 16.1 Å². The Bertz CT molecular complexity index is 642. The lowest BCUT2D eigenvalue weighted by Crippen LogP contribution is -2.12. The van der Waals surface area contributed by atoms with Crippen LogP contribution in [0.3, 0.4) is 0 Å². The fraction of sp³-hybridized carbons (Fsp3) is 0.389. The maximum Gasteiger partial charge on any atom is 0.225 e. The number of benzene rings is 1. The summed E-state index contributed by atoms with van der Waals surface area (Å²) < 4.78 is 0. The van der Waals surface area contributed by atoms with Crippen molar-refractivity contribution in [3.63, 3.8) is 0 Å². The number of anilines is 3. The van der Waals surface area contributed by atoms with Gasteiger partial charge >= 0.3 is 0 Å². The molecule has 23 heavy (non-hydrogen) atoms. The second kappa shape index (κ2) is 7.22. The van der Waals surface area contributed by atoms with Crippen LogP contribution < -0.4 is 10.6 Å².